The van der Waals surface area contributed by atoms with Gasteiger partial charge in [0.15, 0.2) is 0 Å². The first-order chi connectivity index (χ1) is 19.6. The van der Waals surface area contributed by atoms with Crippen LogP contribution in [0.2, 0.25) is 0 Å². The fourth-order valence-electron chi connectivity index (χ4n) is 4.20. The molecule has 1 atom stereocenters. The van der Waals surface area contributed by atoms with Gasteiger partial charge in [0, 0.05) is 13.1 Å². The molecular formula is C31H39N3O6S. The van der Waals surface area contributed by atoms with Gasteiger partial charge in [0.2, 0.25) is 11.8 Å². The number of hydrogen-bond acceptors (Lipinski definition) is 6. The normalized spacial score (nSPS) is 11.8. The highest BCUT2D eigenvalue weighted by Gasteiger charge is 2.32. The zero-order chi connectivity index (χ0) is 30.0. The summed E-state index contributed by atoms with van der Waals surface area (Å²) < 4.78 is 39.4. The Balaban J connectivity index is 2.00. The average Bonchev–Trinajstić information content (AvgIpc) is 2.98. The average molecular weight is 582 g/mol. The van der Waals surface area contributed by atoms with Gasteiger partial charge in [-0.2, -0.15) is 0 Å². The van der Waals surface area contributed by atoms with Crippen LogP contribution < -0.4 is 19.1 Å². The highest BCUT2D eigenvalue weighted by atomic mass is 32.2. The zero-order valence-electron chi connectivity index (χ0n) is 24.3. The van der Waals surface area contributed by atoms with Gasteiger partial charge in [-0.3, -0.25) is 13.9 Å². The van der Waals surface area contributed by atoms with E-state index in [9.17, 15) is 18.0 Å². The molecule has 9 nitrogen and oxygen atoms in total. The second-order valence-corrected chi connectivity index (χ2v) is 11.6. The summed E-state index contributed by atoms with van der Waals surface area (Å²) in [5.74, 6) is 0.283. The largest absolute Gasteiger partial charge is 0.497 e. The number of amides is 2. The molecule has 0 saturated heterocycles. The standard InChI is InChI=1S/C31H39N3O6S/c1-6-7-19-32-31(36)24(3)33(21-25-9-8-10-28(20-25)40-5)30(35)22-34(26-13-11-23(2)12-14-26)41(37,38)29-17-15-27(39-4)16-18-29/h8-18,20,24H,6-7,19,21-22H2,1-5H3,(H,32,36)/t24-/m1/s1. The second kappa shape index (κ2) is 14.5. The molecule has 3 rings (SSSR count). The minimum atomic E-state index is -4.16. The predicted octanol–water partition coefficient (Wildman–Crippen LogP) is 4.54. The van der Waals surface area contributed by atoms with Crippen molar-refractivity contribution in [2.45, 2.75) is 51.1 Å². The van der Waals surface area contributed by atoms with E-state index in [1.54, 1.807) is 68.6 Å². The van der Waals surface area contributed by atoms with E-state index in [0.29, 0.717) is 23.7 Å². The quantitative estimate of drug-likeness (QED) is 0.280. The molecule has 3 aromatic rings. The fraction of sp³-hybridized carbons (Fsp3) is 0.355. The highest BCUT2D eigenvalue weighted by molar-refractivity contribution is 7.92. The number of nitrogens with zero attached hydrogens (tertiary/aromatic N) is 2. The van der Waals surface area contributed by atoms with Crippen molar-refractivity contribution in [2.24, 2.45) is 0 Å². The number of nitrogens with one attached hydrogen (secondary N) is 1. The first-order valence-corrected chi connectivity index (χ1v) is 15.0. The van der Waals surface area contributed by atoms with E-state index in [1.165, 1.54) is 24.1 Å². The van der Waals surface area contributed by atoms with Crippen molar-refractivity contribution in [3.8, 4) is 11.5 Å². The van der Waals surface area contributed by atoms with Gasteiger partial charge < -0.3 is 19.7 Å². The molecule has 2 amide bonds. The molecule has 0 bridgehead atoms. The lowest BCUT2D eigenvalue weighted by Gasteiger charge is -2.32. The number of sulfonamides is 1. The SMILES string of the molecule is CCCCNC(=O)[C@@H](C)N(Cc1cccc(OC)c1)C(=O)CN(c1ccc(C)cc1)S(=O)(=O)c1ccc(OC)cc1. The summed E-state index contributed by atoms with van der Waals surface area (Å²) in [7, 11) is -1.11. The van der Waals surface area contributed by atoms with Crippen molar-refractivity contribution in [3.05, 3.63) is 83.9 Å². The number of rotatable bonds is 14. The Hall–Kier alpha value is -4.05. The topological polar surface area (TPSA) is 105 Å². The van der Waals surface area contributed by atoms with Crippen molar-refractivity contribution in [1.82, 2.24) is 10.2 Å². The lowest BCUT2D eigenvalue weighted by Crippen LogP contribution is -2.51. The molecule has 0 aliphatic carbocycles. The minimum Gasteiger partial charge on any atom is -0.497 e. The molecule has 0 heterocycles. The fourth-order valence-corrected chi connectivity index (χ4v) is 5.62. The summed E-state index contributed by atoms with van der Waals surface area (Å²) in [5, 5.41) is 2.88. The van der Waals surface area contributed by atoms with Crippen LogP contribution in [0, 0.1) is 6.92 Å². The number of benzene rings is 3. The van der Waals surface area contributed by atoms with Gasteiger partial charge in [0.05, 0.1) is 24.8 Å². The molecular weight excluding hydrogens is 542 g/mol. The van der Waals surface area contributed by atoms with Crippen LogP contribution in [-0.2, 0) is 26.2 Å². The van der Waals surface area contributed by atoms with Gasteiger partial charge in [0.1, 0.15) is 24.1 Å². The van der Waals surface area contributed by atoms with Crippen molar-refractivity contribution in [2.75, 3.05) is 31.6 Å². The van der Waals surface area contributed by atoms with Crippen molar-refractivity contribution in [3.63, 3.8) is 0 Å². The summed E-state index contributed by atoms with van der Waals surface area (Å²) >= 11 is 0. The van der Waals surface area contributed by atoms with Gasteiger partial charge >= 0.3 is 0 Å². The minimum absolute atomic E-state index is 0.0105. The van der Waals surface area contributed by atoms with Crippen LogP contribution in [0.4, 0.5) is 5.69 Å². The van der Waals surface area contributed by atoms with Gasteiger partial charge in [0.25, 0.3) is 10.0 Å². The molecule has 41 heavy (non-hydrogen) atoms. The van der Waals surface area contributed by atoms with E-state index >= 15 is 0 Å². The van der Waals surface area contributed by atoms with Crippen LogP contribution in [0.25, 0.3) is 0 Å². The Morgan fingerprint density at radius 3 is 2.20 bits per heavy atom. The molecule has 220 valence electrons. The summed E-state index contributed by atoms with van der Waals surface area (Å²) in [6.45, 7) is 5.63. The number of carbonyl (C=O) groups is 2. The number of anilines is 1. The Bertz CT molecular complexity index is 1410. The third kappa shape index (κ3) is 8.23. The Morgan fingerprint density at radius 1 is 0.927 bits per heavy atom. The van der Waals surface area contributed by atoms with Crippen molar-refractivity contribution >= 4 is 27.5 Å². The van der Waals surface area contributed by atoms with Crippen LogP contribution in [-0.4, -0.2) is 58.5 Å². The van der Waals surface area contributed by atoms with E-state index in [-0.39, 0.29) is 17.3 Å². The molecule has 0 radical (unpaired) electrons. The number of carbonyl (C=O) groups excluding carboxylic acids is 2. The molecule has 0 spiro atoms. The molecule has 0 aliphatic rings. The molecule has 0 aromatic heterocycles. The van der Waals surface area contributed by atoms with E-state index in [2.05, 4.69) is 5.32 Å². The first kappa shape index (κ1) is 31.5. The monoisotopic (exact) mass is 581 g/mol. The van der Waals surface area contributed by atoms with Gasteiger partial charge in [-0.25, -0.2) is 8.42 Å². The van der Waals surface area contributed by atoms with E-state index in [1.807, 2.05) is 19.9 Å². The maximum absolute atomic E-state index is 14.0. The Morgan fingerprint density at radius 2 is 1.59 bits per heavy atom. The molecule has 0 saturated carbocycles. The van der Waals surface area contributed by atoms with Gasteiger partial charge in [-0.15, -0.1) is 0 Å². The van der Waals surface area contributed by atoms with Crippen molar-refractivity contribution < 1.29 is 27.5 Å². The van der Waals surface area contributed by atoms with E-state index in [0.717, 1.165) is 28.3 Å². The van der Waals surface area contributed by atoms with Gasteiger partial charge in [-0.05, 0) is 74.4 Å². The third-order valence-corrected chi connectivity index (χ3v) is 8.52. The lowest BCUT2D eigenvalue weighted by atomic mass is 10.1. The Labute approximate surface area is 243 Å². The van der Waals surface area contributed by atoms with Crippen LogP contribution in [0.15, 0.2) is 77.7 Å². The molecule has 10 heteroatoms. The van der Waals surface area contributed by atoms with Crippen molar-refractivity contribution in [1.29, 1.82) is 0 Å². The molecule has 3 aromatic carbocycles. The first-order valence-electron chi connectivity index (χ1n) is 13.5. The number of ether oxygens (including phenoxy) is 2. The maximum Gasteiger partial charge on any atom is 0.264 e. The smallest absolute Gasteiger partial charge is 0.264 e. The molecule has 0 aliphatic heterocycles. The number of hydrogen-bond donors (Lipinski definition) is 1. The van der Waals surface area contributed by atoms with Crippen LogP contribution in [0.1, 0.15) is 37.8 Å². The zero-order valence-corrected chi connectivity index (χ0v) is 25.1. The van der Waals surface area contributed by atoms with Crippen LogP contribution >= 0.6 is 0 Å². The molecule has 0 fully saturated rings. The summed E-state index contributed by atoms with van der Waals surface area (Å²) in [6.07, 6.45) is 1.72. The lowest BCUT2D eigenvalue weighted by molar-refractivity contribution is -0.139. The van der Waals surface area contributed by atoms with Gasteiger partial charge in [-0.1, -0.05) is 43.2 Å². The second-order valence-electron chi connectivity index (χ2n) is 9.72. The molecule has 1 N–H and O–H groups in total. The predicted molar refractivity (Wildman–Crippen MR) is 160 cm³/mol. The number of aryl methyl sites for hydroxylation is 1. The maximum atomic E-state index is 14.0. The summed E-state index contributed by atoms with van der Waals surface area (Å²) in [6, 6.07) is 19.2. The summed E-state index contributed by atoms with van der Waals surface area (Å²) in [5.41, 5.74) is 2.02. The van der Waals surface area contributed by atoms with Crippen LogP contribution in [0.5, 0.6) is 11.5 Å². The van der Waals surface area contributed by atoms with Crippen LogP contribution in [0.3, 0.4) is 0 Å². The van der Waals surface area contributed by atoms with E-state index < -0.39 is 28.5 Å². The number of unbranched alkanes of at least 4 members (excludes halogenated alkanes) is 1. The highest BCUT2D eigenvalue weighted by Crippen LogP contribution is 2.26. The molecule has 0 unspecified atom stereocenters. The Kier molecular flexibility index (Phi) is 11.2. The summed E-state index contributed by atoms with van der Waals surface area (Å²) in [4.78, 5) is 28.5. The third-order valence-electron chi connectivity index (χ3n) is 6.73. The van der Waals surface area contributed by atoms with E-state index in [4.69, 9.17) is 9.47 Å². The number of methoxy groups -OCH3 is 2.